The molecule has 0 radical (unpaired) electrons. The van der Waals surface area contributed by atoms with Crippen LogP contribution in [0.25, 0.3) is 16.9 Å². The highest BCUT2D eigenvalue weighted by atomic mass is 16.5. The summed E-state index contributed by atoms with van der Waals surface area (Å²) in [5.41, 5.74) is 3.44. The minimum Gasteiger partial charge on any atom is -0.497 e. The third-order valence-electron chi connectivity index (χ3n) is 4.17. The molecule has 7 nitrogen and oxygen atoms in total. The van der Waals surface area contributed by atoms with Crippen LogP contribution >= 0.6 is 0 Å². The monoisotopic (exact) mass is 359 g/mol. The molecule has 27 heavy (non-hydrogen) atoms. The molecule has 4 rings (SSSR count). The van der Waals surface area contributed by atoms with Crippen molar-refractivity contribution in [2.45, 2.75) is 6.54 Å². The second-order valence-electron chi connectivity index (χ2n) is 5.86. The third kappa shape index (κ3) is 3.35. The summed E-state index contributed by atoms with van der Waals surface area (Å²) in [5.74, 6) is 0.504. The van der Waals surface area contributed by atoms with E-state index in [4.69, 9.17) is 4.74 Å². The lowest BCUT2D eigenvalue weighted by Crippen LogP contribution is -2.23. The zero-order chi connectivity index (χ0) is 18.6. The summed E-state index contributed by atoms with van der Waals surface area (Å²) in [5, 5.41) is 7.22. The maximum absolute atomic E-state index is 12.6. The van der Waals surface area contributed by atoms with Crippen LogP contribution in [0.3, 0.4) is 0 Å². The summed E-state index contributed by atoms with van der Waals surface area (Å²) in [6, 6.07) is 15.1. The van der Waals surface area contributed by atoms with Crippen LogP contribution in [0.2, 0.25) is 0 Å². The van der Waals surface area contributed by atoms with Crippen molar-refractivity contribution in [3.05, 3.63) is 78.4 Å². The maximum Gasteiger partial charge on any atom is 0.257 e. The van der Waals surface area contributed by atoms with Crippen LogP contribution in [0.1, 0.15) is 16.1 Å². The Labute approximate surface area is 155 Å². The van der Waals surface area contributed by atoms with Crippen LogP contribution in [-0.4, -0.2) is 32.6 Å². The van der Waals surface area contributed by atoms with Crippen LogP contribution in [-0.2, 0) is 6.54 Å². The second-order valence-corrected chi connectivity index (χ2v) is 5.86. The molecule has 0 saturated heterocycles. The van der Waals surface area contributed by atoms with E-state index in [1.54, 1.807) is 24.0 Å². The van der Waals surface area contributed by atoms with Gasteiger partial charge < -0.3 is 10.1 Å². The van der Waals surface area contributed by atoms with E-state index < -0.39 is 0 Å². The van der Waals surface area contributed by atoms with Gasteiger partial charge in [0.05, 0.1) is 31.2 Å². The number of fused-ring (bicyclic) bond motifs is 1. The number of ether oxygens (including phenoxy) is 1. The van der Waals surface area contributed by atoms with E-state index in [1.165, 1.54) is 6.20 Å². The molecule has 1 N–H and O–H groups in total. The normalized spacial score (nSPS) is 10.7. The average Bonchev–Trinajstić information content (AvgIpc) is 3.17. The molecule has 0 aliphatic rings. The molecule has 7 heteroatoms. The van der Waals surface area contributed by atoms with Gasteiger partial charge in [-0.3, -0.25) is 9.78 Å². The number of carbonyl (C=O) groups is 1. The first kappa shape index (κ1) is 16.7. The zero-order valence-electron chi connectivity index (χ0n) is 14.7. The molecule has 0 spiro atoms. The molecule has 3 aromatic heterocycles. The molecule has 4 aromatic rings. The Kier molecular flexibility index (Phi) is 4.49. The van der Waals surface area contributed by atoms with E-state index in [9.17, 15) is 4.79 Å². The number of aromatic nitrogens is 4. The lowest BCUT2D eigenvalue weighted by Gasteiger charge is -2.07. The average molecular weight is 359 g/mol. The Bertz CT molecular complexity index is 1090. The van der Waals surface area contributed by atoms with Crippen LogP contribution in [0.5, 0.6) is 5.75 Å². The Morgan fingerprint density at radius 1 is 1.11 bits per heavy atom. The number of carbonyl (C=O) groups excluding carboxylic acids is 1. The number of nitrogens with zero attached hydrogens (tertiary/aromatic N) is 4. The fourth-order valence-electron chi connectivity index (χ4n) is 2.82. The minimum absolute atomic E-state index is 0.244. The Hall–Kier alpha value is -3.74. The number of amides is 1. The third-order valence-corrected chi connectivity index (χ3v) is 4.17. The predicted octanol–water partition coefficient (Wildman–Crippen LogP) is 2.73. The lowest BCUT2D eigenvalue weighted by molar-refractivity contribution is 0.0952. The summed E-state index contributed by atoms with van der Waals surface area (Å²) < 4.78 is 6.95. The van der Waals surface area contributed by atoms with E-state index in [1.807, 2.05) is 48.5 Å². The smallest absolute Gasteiger partial charge is 0.257 e. The van der Waals surface area contributed by atoms with Crippen molar-refractivity contribution in [1.29, 1.82) is 0 Å². The second kappa shape index (κ2) is 7.25. The lowest BCUT2D eigenvalue weighted by atomic mass is 10.1. The number of rotatable bonds is 5. The zero-order valence-corrected chi connectivity index (χ0v) is 14.7. The summed E-state index contributed by atoms with van der Waals surface area (Å²) in [6.07, 6.45) is 4.89. The van der Waals surface area contributed by atoms with E-state index >= 15 is 0 Å². The number of hydrogen-bond donors (Lipinski definition) is 1. The minimum atomic E-state index is -0.244. The van der Waals surface area contributed by atoms with E-state index in [0.717, 1.165) is 22.7 Å². The molecule has 0 saturated carbocycles. The fourth-order valence-corrected chi connectivity index (χ4v) is 2.82. The molecule has 0 unspecified atom stereocenters. The number of nitrogens with one attached hydrogen (secondary N) is 1. The molecule has 3 heterocycles. The predicted molar refractivity (Wildman–Crippen MR) is 100 cm³/mol. The van der Waals surface area contributed by atoms with Gasteiger partial charge in [-0.2, -0.15) is 5.10 Å². The molecule has 0 aliphatic carbocycles. The first-order valence-corrected chi connectivity index (χ1v) is 8.41. The van der Waals surface area contributed by atoms with E-state index in [-0.39, 0.29) is 5.91 Å². The number of pyridine rings is 1. The van der Waals surface area contributed by atoms with Gasteiger partial charge in [-0.05, 0) is 30.3 Å². The quantitative estimate of drug-likeness (QED) is 0.592. The van der Waals surface area contributed by atoms with Gasteiger partial charge in [-0.15, -0.1) is 0 Å². The van der Waals surface area contributed by atoms with Crippen molar-refractivity contribution in [2.75, 3.05) is 7.11 Å². The van der Waals surface area contributed by atoms with Gasteiger partial charge in [0.1, 0.15) is 11.3 Å². The van der Waals surface area contributed by atoms with Gasteiger partial charge in [0.2, 0.25) is 0 Å². The number of hydrogen-bond acceptors (Lipinski definition) is 5. The molecule has 0 aliphatic heterocycles. The summed E-state index contributed by atoms with van der Waals surface area (Å²) >= 11 is 0. The number of benzene rings is 1. The molecule has 0 atom stereocenters. The van der Waals surface area contributed by atoms with Crippen LogP contribution in [0, 0.1) is 0 Å². The van der Waals surface area contributed by atoms with E-state index in [0.29, 0.717) is 17.8 Å². The number of methoxy groups -OCH3 is 1. The van der Waals surface area contributed by atoms with Gasteiger partial charge in [0.25, 0.3) is 5.91 Å². The Balaban J connectivity index is 1.65. The summed E-state index contributed by atoms with van der Waals surface area (Å²) in [6.45, 7) is 0.340. The SMILES string of the molecule is COc1cccc(-c2ccnc3c(C(=O)NCc4ccccn4)cnn23)c1. The largest absolute Gasteiger partial charge is 0.497 e. The Morgan fingerprint density at radius 3 is 2.85 bits per heavy atom. The summed E-state index contributed by atoms with van der Waals surface area (Å²) in [7, 11) is 1.62. The molecular weight excluding hydrogens is 342 g/mol. The van der Waals surface area contributed by atoms with Crippen molar-refractivity contribution in [3.8, 4) is 17.0 Å². The topological polar surface area (TPSA) is 81.4 Å². The summed E-state index contributed by atoms with van der Waals surface area (Å²) in [4.78, 5) is 21.1. The first-order valence-electron chi connectivity index (χ1n) is 8.41. The standard InChI is InChI=1S/C20H17N5O2/c1-27-16-7-4-5-14(11-16)18-8-10-22-19-17(13-24-25(18)19)20(26)23-12-15-6-2-3-9-21-15/h2-11,13H,12H2,1H3,(H,23,26). The van der Waals surface area contributed by atoms with Crippen LogP contribution < -0.4 is 10.1 Å². The highest BCUT2D eigenvalue weighted by molar-refractivity contribution is 5.99. The van der Waals surface area contributed by atoms with Gasteiger partial charge >= 0.3 is 0 Å². The highest BCUT2D eigenvalue weighted by Crippen LogP contribution is 2.24. The van der Waals surface area contributed by atoms with Crippen molar-refractivity contribution in [2.24, 2.45) is 0 Å². The van der Waals surface area contributed by atoms with Crippen molar-refractivity contribution < 1.29 is 9.53 Å². The van der Waals surface area contributed by atoms with E-state index in [2.05, 4.69) is 20.4 Å². The van der Waals surface area contributed by atoms with Crippen molar-refractivity contribution in [3.63, 3.8) is 0 Å². The molecule has 134 valence electrons. The van der Waals surface area contributed by atoms with Crippen LogP contribution in [0.4, 0.5) is 0 Å². The Morgan fingerprint density at radius 2 is 2.04 bits per heavy atom. The van der Waals surface area contributed by atoms with Crippen LogP contribution in [0.15, 0.2) is 67.1 Å². The molecule has 0 fully saturated rings. The first-order chi connectivity index (χ1) is 13.3. The molecule has 1 amide bonds. The molecule has 0 bridgehead atoms. The molecule has 1 aromatic carbocycles. The fraction of sp³-hybridized carbons (Fsp3) is 0.100. The molecular formula is C20H17N5O2. The maximum atomic E-state index is 12.6. The van der Waals surface area contributed by atoms with Gasteiger partial charge in [-0.25, -0.2) is 9.50 Å². The van der Waals surface area contributed by atoms with Gasteiger partial charge in [0.15, 0.2) is 5.65 Å². The van der Waals surface area contributed by atoms with Gasteiger partial charge in [-0.1, -0.05) is 18.2 Å². The van der Waals surface area contributed by atoms with Crippen molar-refractivity contribution in [1.82, 2.24) is 24.9 Å². The van der Waals surface area contributed by atoms with Gasteiger partial charge in [0, 0.05) is 18.0 Å². The highest BCUT2D eigenvalue weighted by Gasteiger charge is 2.16. The van der Waals surface area contributed by atoms with Crippen molar-refractivity contribution >= 4 is 11.6 Å².